The number of nitrogens with zero attached hydrogens (tertiary/aromatic N) is 2. The summed E-state index contributed by atoms with van der Waals surface area (Å²) >= 11 is 3.16. The van der Waals surface area contributed by atoms with E-state index in [0.29, 0.717) is 16.0 Å². The van der Waals surface area contributed by atoms with Crippen LogP contribution in [-0.2, 0) is 0 Å². The number of aromatic nitrogens is 2. The number of benzene rings is 1. The molecule has 5 nitrogen and oxygen atoms in total. The Balaban J connectivity index is 1.79. The van der Waals surface area contributed by atoms with Gasteiger partial charge < -0.3 is 10.4 Å². The van der Waals surface area contributed by atoms with Crippen molar-refractivity contribution in [3.05, 3.63) is 28.5 Å². The molecular formula is C14H15BrFN3O2. The van der Waals surface area contributed by atoms with Gasteiger partial charge in [-0.15, -0.1) is 0 Å². The van der Waals surface area contributed by atoms with Gasteiger partial charge >= 0.3 is 0 Å². The van der Waals surface area contributed by atoms with Crippen LogP contribution in [0.15, 0.2) is 27.3 Å². The average molecular weight is 356 g/mol. The highest BCUT2D eigenvalue weighted by Crippen LogP contribution is 2.30. The van der Waals surface area contributed by atoms with Crippen LogP contribution in [0.1, 0.15) is 25.7 Å². The van der Waals surface area contributed by atoms with Crippen molar-refractivity contribution in [1.82, 2.24) is 10.3 Å². The first-order valence-corrected chi connectivity index (χ1v) is 7.65. The second-order valence-corrected chi connectivity index (χ2v) is 6.09. The Morgan fingerprint density at radius 1 is 1.24 bits per heavy atom. The van der Waals surface area contributed by atoms with Gasteiger partial charge in [0.2, 0.25) is 0 Å². The van der Waals surface area contributed by atoms with Gasteiger partial charge in [0.05, 0.1) is 10.6 Å². The highest BCUT2D eigenvalue weighted by Gasteiger charge is 2.22. The van der Waals surface area contributed by atoms with Gasteiger partial charge in [-0.1, -0.05) is 0 Å². The first kappa shape index (κ1) is 14.5. The summed E-state index contributed by atoms with van der Waals surface area (Å²) < 4.78 is 18.5. The molecule has 1 aromatic heterocycles. The minimum Gasteiger partial charge on any atom is -0.393 e. The molecular weight excluding hydrogens is 341 g/mol. The lowest BCUT2D eigenvalue weighted by molar-refractivity contribution is 0.126. The van der Waals surface area contributed by atoms with Crippen LogP contribution >= 0.6 is 15.9 Å². The Morgan fingerprint density at radius 3 is 2.71 bits per heavy atom. The summed E-state index contributed by atoms with van der Waals surface area (Å²) in [6, 6.07) is 4.89. The van der Waals surface area contributed by atoms with Crippen molar-refractivity contribution in [1.29, 1.82) is 0 Å². The van der Waals surface area contributed by atoms with Gasteiger partial charge in [-0.25, -0.2) is 9.02 Å². The van der Waals surface area contributed by atoms with E-state index in [1.54, 1.807) is 12.1 Å². The summed E-state index contributed by atoms with van der Waals surface area (Å²) in [4.78, 5) is 0. The second kappa shape index (κ2) is 6.11. The number of nitrogens with one attached hydrogen (secondary N) is 1. The molecule has 2 aromatic rings. The molecule has 0 saturated heterocycles. The SMILES string of the molecule is OC1CCC(Nc2nonc2-c2ccc(F)c(Br)c2)CC1. The number of anilines is 1. The van der Waals surface area contributed by atoms with E-state index in [2.05, 4.69) is 31.6 Å². The van der Waals surface area contributed by atoms with Crippen LogP contribution in [0.5, 0.6) is 0 Å². The molecule has 0 atom stereocenters. The summed E-state index contributed by atoms with van der Waals surface area (Å²) in [5.41, 5.74) is 1.28. The normalized spacial score (nSPS) is 22.2. The van der Waals surface area contributed by atoms with E-state index in [0.717, 1.165) is 31.2 Å². The van der Waals surface area contributed by atoms with Gasteiger partial charge in [-0.2, -0.15) is 0 Å². The topological polar surface area (TPSA) is 71.2 Å². The molecule has 7 heteroatoms. The van der Waals surface area contributed by atoms with Crippen LogP contribution in [0.3, 0.4) is 0 Å². The molecule has 1 fully saturated rings. The Kier molecular flexibility index (Phi) is 4.21. The molecule has 1 aliphatic carbocycles. The molecule has 1 saturated carbocycles. The van der Waals surface area contributed by atoms with Crippen molar-refractivity contribution in [3.63, 3.8) is 0 Å². The molecule has 0 bridgehead atoms. The van der Waals surface area contributed by atoms with Gasteiger partial charge in [-0.05, 0) is 70.1 Å². The van der Waals surface area contributed by atoms with E-state index in [1.165, 1.54) is 6.07 Å². The zero-order valence-corrected chi connectivity index (χ0v) is 12.8. The Labute approximate surface area is 129 Å². The quantitative estimate of drug-likeness (QED) is 0.883. The van der Waals surface area contributed by atoms with E-state index in [-0.39, 0.29) is 18.0 Å². The number of hydrogen-bond donors (Lipinski definition) is 2. The van der Waals surface area contributed by atoms with E-state index in [9.17, 15) is 9.50 Å². The molecule has 0 aliphatic heterocycles. The van der Waals surface area contributed by atoms with E-state index >= 15 is 0 Å². The highest BCUT2D eigenvalue weighted by molar-refractivity contribution is 9.10. The number of hydrogen-bond acceptors (Lipinski definition) is 5. The average Bonchev–Trinajstić information content (AvgIpc) is 2.92. The van der Waals surface area contributed by atoms with Crippen molar-refractivity contribution in [3.8, 4) is 11.3 Å². The van der Waals surface area contributed by atoms with Crippen LogP contribution < -0.4 is 5.32 Å². The maximum atomic E-state index is 13.3. The standard InChI is InChI=1S/C14H15BrFN3O2/c15-11-7-8(1-6-12(11)16)13-14(19-21-18-13)17-9-2-4-10(20)5-3-9/h1,6-7,9-10,20H,2-5H2,(H,17,19). The van der Waals surface area contributed by atoms with Crippen LogP contribution in [-0.4, -0.2) is 27.6 Å². The van der Waals surface area contributed by atoms with Gasteiger partial charge in [0.15, 0.2) is 11.5 Å². The Morgan fingerprint density at radius 2 is 2.00 bits per heavy atom. The minimum absolute atomic E-state index is 0.203. The predicted octanol–water partition coefficient (Wildman–Crippen LogP) is 3.35. The predicted molar refractivity (Wildman–Crippen MR) is 79.3 cm³/mol. The fourth-order valence-electron chi connectivity index (χ4n) is 2.53. The molecule has 1 aliphatic rings. The van der Waals surface area contributed by atoms with Crippen LogP contribution in [0.4, 0.5) is 10.2 Å². The van der Waals surface area contributed by atoms with Crippen LogP contribution in [0.2, 0.25) is 0 Å². The molecule has 112 valence electrons. The van der Waals surface area contributed by atoms with Crippen molar-refractivity contribution in [2.45, 2.75) is 37.8 Å². The first-order valence-electron chi connectivity index (χ1n) is 6.86. The lowest BCUT2D eigenvalue weighted by Gasteiger charge is -2.26. The van der Waals surface area contributed by atoms with Crippen molar-refractivity contribution in [2.24, 2.45) is 0 Å². The summed E-state index contributed by atoms with van der Waals surface area (Å²) in [7, 11) is 0. The first-order chi connectivity index (χ1) is 10.1. The minimum atomic E-state index is -0.328. The monoisotopic (exact) mass is 355 g/mol. The molecule has 0 unspecified atom stereocenters. The summed E-state index contributed by atoms with van der Waals surface area (Å²) in [6.45, 7) is 0. The maximum Gasteiger partial charge on any atom is 0.199 e. The zero-order chi connectivity index (χ0) is 14.8. The maximum absolute atomic E-state index is 13.3. The van der Waals surface area contributed by atoms with Gasteiger partial charge in [0.25, 0.3) is 0 Å². The van der Waals surface area contributed by atoms with Gasteiger partial charge in [-0.3, -0.25) is 0 Å². The smallest absolute Gasteiger partial charge is 0.199 e. The van der Waals surface area contributed by atoms with Gasteiger partial charge in [0.1, 0.15) is 5.82 Å². The largest absolute Gasteiger partial charge is 0.393 e. The second-order valence-electron chi connectivity index (χ2n) is 5.24. The lowest BCUT2D eigenvalue weighted by atomic mass is 9.93. The van der Waals surface area contributed by atoms with Crippen molar-refractivity contribution in [2.75, 3.05) is 5.32 Å². The summed E-state index contributed by atoms with van der Waals surface area (Å²) in [5.74, 6) is 0.223. The van der Waals surface area contributed by atoms with E-state index < -0.39 is 0 Å². The number of halogens is 2. The van der Waals surface area contributed by atoms with E-state index in [4.69, 9.17) is 4.63 Å². The molecule has 0 radical (unpaired) electrons. The fraction of sp³-hybridized carbons (Fsp3) is 0.429. The third kappa shape index (κ3) is 3.24. The van der Waals surface area contributed by atoms with Crippen molar-refractivity contribution < 1.29 is 14.1 Å². The Bertz CT molecular complexity index is 626. The summed E-state index contributed by atoms with van der Waals surface area (Å²) in [5, 5.41) is 20.6. The zero-order valence-electron chi connectivity index (χ0n) is 11.2. The molecule has 0 spiro atoms. The fourth-order valence-corrected chi connectivity index (χ4v) is 2.91. The molecule has 2 N–H and O–H groups in total. The Hall–Kier alpha value is -1.47. The summed E-state index contributed by atoms with van der Waals surface area (Å²) in [6.07, 6.45) is 3.10. The number of aliphatic hydroxyl groups is 1. The molecule has 0 amide bonds. The third-order valence-electron chi connectivity index (χ3n) is 3.72. The van der Waals surface area contributed by atoms with Crippen LogP contribution in [0, 0.1) is 5.82 Å². The van der Waals surface area contributed by atoms with E-state index in [1.807, 2.05) is 0 Å². The van der Waals surface area contributed by atoms with Crippen LogP contribution in [0.25, 0.3) is 11.3 Å². The van der Waals surface area contributed by atoms with Gasteiger partial charge in [0, 0.05) is 11.6 Å². The lowest BCUT2D eigenvalue weighted by Crippen LogP contribution is -2.28. The number of aliphatic hydroxyl groups excluding tert-OH is 1. The molecule has 21 heavy (non-hydrogen) atoms. The molecule has 1 heterocycles. The third-order valence-corrected chi connectivity index (χ3v) is 4.33. The van der Waals surface area contributed by atoms with Crippen molar-refractivity contribution >= 4 is 21.7 Å². The molecule has 3 rings (SSSR count). The molecule has 1 aromatic carbocycles. The number of rotatable bonds is 3. The highest BCUT2D eigenvalue weighted by atomic mass is 79.9.